The molecule has 1 spiro atoms. The Balaban J connectivity index is 1.24. The highest BCUT2D eigenvalue weighted by Gasteiger charge is 2.42. The predicted octanol–water partition coefficient (Wildman–Crippen LogP) is 3.73. The van der Waals surface area contributed by atoms with Gasteiger partial charge < -0.3 is 19.9 Å². The van der Waals surface area contributed by atoms with Gasteiger partial charge in [-0.1, -0.05) is 24.3 Å². The van der Waals surface area contributed by atoms with E-state index in [-0.39, 0.29) is 23.4 Å². The van der Waals surface area contributed by atoms with Gasteiger partial charge in [-0.2, -0.15) is 0 Å². The van der Waals surface area contributed by atoms with Crippen molar-refractivity contribution >= 4 is 5.91 Å². The summed E-state index contributed by atoms with van der Waals surface area (Å²) in [5, 5.41) is 12.9. The molecule has 2 heterocycles. The molecule has 1 atom stereocenters. The molecule has 166 valence electrons. The minimum absolute atomic E-state index is 0.0414. The number of piperidine rings is 1. The predicted molar refractivity (Wildman–Crippen MR) is 119 cm³/mol. The molecule has 2 fully saturated rings. The summed E-state index contributed by atoms with van der Waals surface area (Å²) in [6.07, 6.45) is 4.15. The highest BCUT2D eigenvalue weighted by atomic mass is 16.5. The molecule has 0 unspecified atom stereocenters. The summed E-state index contributed by atoms with van der Waals surface area (Å²) in [7, 11) is 0. The second-order valence-corrected chi connectivity index (χ2v) is 8.55. The van der Waals surface area contributed by atoms with Crippen LogP contribution in [-0.4, -0.2) is 53.9 Å². The molecule has 2 aromatic rings. The number of ether oxygens (including phenoxy) is 2. The number of aromatic hydroxyl groups is 1. The van der Waals surface area contributed by atoms with Crippen molar-refractivity contribution in [3.63, 3.8) is 0 Å². The monoisotopic (exact) mass is 424 g/mol. The van der Waals surface area contributed by atoms with Crippen molar-refractivity contribution < 1.29 is 19.4 Å². The van der Waals surface area contributed by atoms with Crippen LogP contribution in [0, 0.1) is 0 Å². The van der Waals surface area contributed by atoms with E-state index >= 15 is 0 Å². The van der Waals surface area contributed by atoms with Crippen LogP contribution in [-0.2, 0) is 11.3 Å². The van der Waals surface area contributed by atoms with E-state index < -0.39 is 0 Å². The minimum atomic E-state index is -0.0515. The number of carbonyl (C=O) groups excluding carboxylic acids is 1. The first-order chi connectivity index (χ1) is 15.1. The van der Waals surface area contributed by atoms with Crippen LogP contribution in [0.3, 0.4) is 0 Å². The number of phenolic OH excluding ortho intramolecular Hbond substituents is 1. The zero-order chi connectivity index (χ0) is 21.7. The average Bonchev–Trinajstić information content (AvgIpc) is 3.19. The SMILES string of the molecule is CCOc1cc(CN2CCC3(CC[C@H](CNC(=O)c4ccccc4)O3)CC2)ccc1O. The van der Waals surface area contributed by atoms with E-state index in [9.17, 15) is 9.90 Å². The number of rotatable bonds is 7. The number of phenols is 1. The quantitative estimate of drug-likeness (QED) is 0.709. The van der Waals surface area contributed by atoms with Crippen molar-refractivity contribution in [1.82, 2.24) is 10.2 Å². The Morgan fingerprint density at radius 2 is 1.97 bits per heavy atom. The maximum Gasteiger partial charge on any atom is 0.251 e. The standard InChI is InChI=1S/C25H32N2O4/c1-2-30-23-16-19(8-9-22(23)28)18-27-14-12-25(13-15-27)11-10-21(31-25)17-26-24(29)20-6-4-3-5-7-20/h3-9,16,21,28H,2,10-15,17-18H2,1H3,(H,26,29)/t21-/m1/s1. The van der Waals surface area contributed by atoms with Gasteiger partial charge in [-0.05, 0) is 62.4 Å². The van der Waals surface area contributed by atoms with Crippen molar-refractivity contribution in [3.05, 3.63) is 59.7 Å². The summed E-state index contributed by atoms with van der Waals surface area (Å²) in [5.41, 5.74) is 1.78. The lowest BCUT2D eigenvalue weighted by molar-refractivity contribution is -0.0764. The maximum atomic E-state index is 12.3. The van der Waals surface area contributed by atoms with Gasteiger partial charge in [-0.15, -0.1) is 0 Å². The van der Waals surface area contributed by atoms with Gasteiger partial charge in [0.1, 0.15) is 0 Å². The van der Waals surface area contributed by atoms with Crippen LogP contribution >= 0.6 is 0 Å². The van der Waals surface area contributed by atoms with Gasteiger partial charge in [-0.25, -0.2) is 0 Å². The lowest BCUT2D eigenvalue weighted by Gasteiger charge is -2.39. The van der Waals surface area contributed by atoms with E-state index in [0.717, 1.165) is 50.9 Å². The van der Waals surface area contributed by atoms with Crippen molar-refractivity contribution in [2.45, 2.75) is 50.9 Å². The molecular weight excluding hydrogens is 392 g/mol. The summed E-state index contributed by atoms with van der Waals surface area (Å²) >= 11 is 0. The highest BCUT2D eigenvalue weighted by Crippen LogP contribution is 2.39. The smallest absolute Gasteiger partial charge is 0.251 e. The largest absolute Gasteiger partial charge is 0.504 e. The lowest BCUT2D eigenvalue weighted by atomic mass is 9.88. The normalized spacial score (nSPS) is 20.6. The fourth-order valence-electron chi connectivity index (χ4n) is 4.61. The van der Waals surface area contributed by atoms with Crippen LogP contribution < -0.4 is 10.1 Å². The van der Waals surface area contributed by atoms with E-state index in [4.69, 9.17) is 9.47 Å². The van der Waals surface area contributed by atoms with Crippen LogP contribution in [0.1, 0.15) is 48.5 Å². The molecule has 2 aliphatic heterocycles. The van der Waals surface area contributed by atoms with Crippen molar-refractivity contribution in [2.75, 3.05) is 26.2 Å². The van der Waals surface area contributed by atoms with Crippen molar-refractivity contribution in [1.29, 1.82) is 0 Å². The van der Waals surface area contributed by atoms with E-state index in [1.54, 1.807) is 6.07 Å². The summed E-state index contributed by atoms with van der Waals surface area (Å²) < 4.78 is 12.0. The van der Waals surface area contributed by atoms with Crippen molar-refractivity contribution in [3.8, 4) is 11.5 Å². The van der Waals surface area contributed by atoms with E-state index in [2.05, 4.69) is 10.2 Å². The molecule has 0 aliphatic carbocycles. The number of likely N-dealkylation sites (tertiary alicyclic amines) is 1. The van der Waals surface area contributed by atoms with Crippen LogP contribution in [0.15, 0.2) is 48.5 Å². The Labute approximate surface area is 184 Å². The Hall–Kier alpha value is -2.57. The Morgan fingerprint density at radius 1 is 1.19 bits per heavy atom. The number of carbonyl (C=O) groups is 1. The molecule has 4 rings (SSSR count). The second-order valence-electron chi connectivity index (χ2n) is 8.55. The van der Waals surface area contributed by atoms with Gasteiger partial charge in [0, 0.05) is 31.7 Å². The molecular formula is C25H32N2O4. The molecule has 6 nitrogen and oxygen atoms in total. The molecule has 6 heteroatoms. The third-order valence-electron chi connectivity index (χ3n) is 6.36. The molecule has 2 aromatic carbocycles. The first-order valence-electron chi connectivity index (χ1n) is 11.2. The highest BCUT2D eigenvalue weighted by molar-refractivity contribution is 5.94. The minimum Gasteiger partial charge on any atom is -0.504 e. The summed E-state index contributed by atoms with van der Waals surface area (Å²) in [5.74, 6) is 0.696. The first-order valence-corrected chi connectivity index (χ1v) is 11.2. The third-order valence-corrected chi connectivity index (χ3v) is 6.36. The van der Waals surface area contributed by atoms with Gasteiger partial charge in [0.25, 0.3) is 5.91 Å². The van der Waals surface area contributed by atoms with Crippen LogP contribution in [0.25, 0.3) is 0 Å². The summed E-state index contributed by atoms with van der Waals surface area (Å²) in [4.78, 5) is 14.7. The maximum absolute atomic E-state index is 12.3. The van der Waals surface area contributed by atoms with Crippen LogP contribution in [0.5, 0.6) is 11.5 Å². The zero-order valence-electron chi connectivity index (χ0n) is 18.2. The van der Waals surface area contributed by atoms with E-state index in [0.29, 0.717) is 24.5 Å². The zero-order valence-corrected chi connectivity index (χ0v) is 18.2. The molecule has 1 amide bonds. The van der Waals surface area contributed by atoms with Crippen LogP contribution in [0.2, 0.25) is 0 Å². The molecule has 0 saturated carbocycles. The fraction of sp³-hybridized carbons (Fsp3) is 0.480. The number of nitrogens with zero attached hydrogens (tertiary/aromatic N) is 1. The molecule has 0 radical (unpaired) electrons. The Bertz CT molecular complexity index is 878. The van der Waals surface area contributed by atoms with Crippen molar-refractivity contribution in [2.24, 2.45) is 0 Å². The van der Waals surface area contributed by atoms with Gasteiger partial charge in [-0.3, -0.25) is 9.69 Å². The molecule has 2 saturated heterocycles. The third kappa shape index (κ3) is 5.38. The first kappa shape index (κ1) is 21.7. The molecule has 2 aliphatic rings. The fourth-order valence-corrected chi connectivity index (χ4v) is 4.61. The molecule has 0 aromatic heterocycles. The van der Waals surface area contributed by atoms with Gasteiger partial charge in [0.15, 0.2) is 11.5 Å². The summed E-state index contributed by atoms with van der Waals surface area (Å²) in [6, 6.07) is 14.9. The molecule has 0 bridgehead atoms. The van der Waals surface area contributed by atoms with Gasteiger partial charge in [0.05, 0.1) is 18.3 Å². The Kier molecular flexibility index (Phi) is 6.78. The number of benzene rings is 2. The van der Waals surface area contributed by atoms with Gasteiger partial charge in [0.2, 0.25) is 0 Å². The topological polar surface area (TPSA) is 71.0 Å². The summed E-state index contributed by atoms with van der Waals surface area (Å²) in [6.45, 7) is 5.81. The van der Waals surface area contributed by atoms with E-state index in [1.165, 1.54) is 0 Å². The number of hydrogen-bond acceptors (Lipinski definition) is 5. The van der Waals surface area contributed by atoms with Gasteiger partial charge >= 0.3 is 0 Å². The van der Waals surface area contributed by atoms with E-state index in [1.807, 2.05) is 49.4 Å². The lowest BCUT2D eigenvalue weighted by Crippen LogP contribution is -2.44. The number of amides is 1. The molecule has 2 N–H and O–H groups in total. The number of hydrogen-bond donors (Lipinski definition) is 2. The second kappa shape index (κ2) is 9.71. The van der Waals surface area contributed by atoms with Crippen LogP contribution in [0.4, 0.5) is 0 Å². The number of nitrogens with one attached hydrogen (secondary N) is 1. The molecule has 31 heavy (non-hydrogen) atoms. The average molecular weight is 425 g/mol. The Morgan fingerprint density at radius 3 is 2.71 bits per heavy atom.